The summed E-state index contributed by atoms with van der Waals surface area (Å²) in [6, 6.07) is 12.7. The molecular weight excluding hydrogens is 438 g/mol. The van der Waals surface area contributed by atoms with Gasteiger partial charge in [0.25, 0.3) is 0 Å². The molecule has 1 fully saturated rings. The largest absolute Gasteiger partial charge is 0.476 e. The van der Waals surface area contributed by atoms with Gasteiger partial charge < -0.3 is 14.4 Å². The maximum absolute atomic E-state index is 6.10. The predicted molar refractivity (Wildman–Crippen MR) is 146 cm³/mol. The third kappa shape index (κ3) is 8.82. The highest BCUT2D eigenvalue weighted by atomic mass is 16.5. The number of hydrogen-bond donors (Lipinski definition) is 1. The molecule has 0 radical (unpaired) electrons. The molecule has 1 unspecified atom stereocenters. The minimum absolute atomic E-state index is 0.537. The van der Waals surface area contributed by atoms with Gasteiger partial charge in [0, 0.05) is 50.5 Å². The lowest BCUT2D eigenvalue weighted by Crippen LogP contribution is -2.38. The van der Waals surface area contributed by atoms with Crippen molar-refractivity contribution in [3.63, 3.8) is 0 Å². The van der Waals surface area contributed by atoms with Gasteiger partial charge in [0.15, 0.2) is 5.82 Å². The van der Waals surface area contributed by atoms with Gasteiger partial charge in [-0.3, -0.25) is 10.3 Å². The van der Waals surface area contributed by atoms with Gasteiger partial charge in [-0.25, -0.2) is 0 Å². The predicted octanol–water partition coefficient (Wildman–Crippen LogP) is 5.38. The van der Waals surface area contributed by atoms with Crippen LogP contribution in [0.1, 0.15) is 64.0 Å². The van der Waals surface area contributed by atoms with Gasteiger partial charge in [-0.15, -0.1) is 0 Å². The summed E-state index contributed by atoms with van der Waals surface area (Å²) >= 11 is 0. The van der Waals surface area contributed by atoms with Gasteiger partial charge in [0.1, 0.15) is 6.61 Å². The molecule has 0 saturated carbocycles. The Bertz CT molecular complexity index is 908. The Morgan fingerprint density at radius 1 is 1.14 bits per heavy atom. The Balaban J connectivity index is 1.72. The molecule has 35 heavy (non-hydrogen) atoms. The maximum atomic E-state index is 6.10. The summed E-state index contributed by atoms with van der Waals surface area (Å²) in [6.45, 7) is 15.9. The molecule has 0 bridgehead atoms. The molecule has 2 aromatic rings. The second-order valence-electron chi connectivity index (χ2n) is 9.19. The van der Waals surface area contributed by atoms with Gasteiger partial charge in [-0.2, -0.15) is 10.1 Å². The summed E-state index contributed by atoms with van der Waals surface area (Å²) in [4.78, 5) is 9.45. The van der Waals surface area contributed by atoms with Gasteiger partial charge in [-0.1, -0.05) is 45.9 Å². The average molecular weight is 482 g/mol. The Hall–Kier alpha value is -2.64. The molecule has 1 aliphatic heterocycles. The van der Waals surface area contributed by atoms with E-state index in [1.807, 2.05) is 6.21 Å². The van der Waals surface area contributed by atoms with Crippen molar-refractivity contribution in [3.8, 4) is 5.88 Å². The number of hydrogen-bond acceptors (Lipinski definition) is 7. The number of morpholine rings is 1. The van der Waals surface area contributed by atoms with E-state index in [-0.39, 0.29) is 0 Å². The molecule has 0 aliphatic carbocycles. The first-order valence-corrected chi connectivity index (χ1v) is 13.2. The second-order valence-corrected chi connectivity index (χ2v) is 9.19. The standard InChI is InChI=1S/C28H43N5O2/c1-5-11-33(12-6-2)26-20-27(30-28(21-26)35-18-15-32-13-16-34-17-14-32)31-29-22-24-9-8-10-25(19-24)23(4)7-3/h8-10,19-23H,5-7,11-18H2,1-4H3,(H,30,31)/b29-22+. The number of ether oxygens (including phenoxy) is 2. The summed E-state index contributed by atoms with van der Waals surface area (Å²) in [5, 5.41) is 4.49. The van der Waals surface area contributed by atoms with Crippen LogP contribution in [0.4, 0.5) is 11.5 Å². The van der Waals surface area contributed by atoms with Crippen molar-refractivity contribution in [3.05, 3.63) is 47.5 Å². The van der Waals surface area contributed by atoms with Crippen LogP contribution in [-0.4, -0.2) is 68.6 Å². The lowest BCUT2D eigenvalue weighted by Gasteiger charge is -2.26. The van der Waals surface area contributed by atoms with Crippen LogP contribution >= 0.6 is 0 Å². The zero-order chi connectivity index (χ0) is 24.9. The number of rotatable bonds is 14. The first-order valence-electron chi connectivity index (χ1n) is 13.2. The molecule has 1 atom stereocenters. The van der Waals surface area contributed by atoms with E-state index >= 15 is 0 Å². The van der Waals surface area contributed by atoms with E-state index in [0.29, 0.717) is 24.2 Å². The summed E-state index contributed by atoms with van der Waals surface area (Å²) in [5.74, 6) is 1.86. The van der Waals surface area contributed by atoms with Crippen LogP contribution in [0.5, 0.6) is 5.88 Å². The number of nitrogens with one attached hydrogen (secondary N) is 1. The first-order chi connectivity index (χ1) is 17.1. The van der Waals surface area contributed by atoms with Crippen LogP contribution in [0.25, 0.3) is 0 Å². The van der Waals surface area contributed by atoms with Crippen LogP contribution in [0.3, 0.4) is 0 Å². The third-order valence-electron chi connectivity index (χ3n) is 6.38. The zero-order valence-corrected chi connectivity index (χ0v) is 22.0. The van der Waals surface area contributed by atoms with Crippen molar-refractivity contribution in [2.24, 2.45) is 5.10 Å². The Morgan fingerprint density at radius 3 is 2.63 bits per heavy atom. The third-order valence-corrected chi connectivity index (χ3v) is 6.38. The summed E-state index contributed by atoms with van der Waals surface area (Å²) in [7, 11) is 0. The summed E-state index contributed by atoms with van der Waals surface area (Å²) in [6.07, 6.45) is 5.15. The molecular formula is C28H43N5O2. The highest BCUT2D eigenvalue weighted by Crippen LogP contribution is 2.25. The number of pyridine rings is 1. The van der Waals surface area contributed by atoms with Crippen LogP contribution in [0, 0.1) is 0 Å². The Labute approximate surface area is 211 Å². The minimum atomic E-state index is 0.537. The van der Waals surface area contributed by atoms with E-state index < -0.39 is 0 Å². The minimum Gasteiger partial charge on any atom is -0.476 e. The van der Waals surface area contributed by atoms with Gasteiger partial charge in [0.2, 0.25) is 5.88 Å². The normalized spacial score (nSPS) is 15.3. The first kappa shape index (κ1) is 27.0. The van der Waals surface area contributed by atoms with E-state index in [9.17, 15) is 0 Å². The summed E-state index contributed by atoms with van der Waals surface area (Å²) < 4.78 is 11.5. The van der Waals surface area contributed by atoms with Crippen molar-refractivity contribution in [2.75, 3.05) is 62.9 Å². The van der Waals surface area contributed by atoms with Gasteiger partial charge in [-0.05, 0) is 42.4 Å². The highest BCUT2D eigenvalue weighted by Gasteiger charge is 2.13. The lowest BCUT2D eigenvalue weighted by atomic mass is 9.97. The molecule has 0 spiro atoms. The van der Waals surface area contributed by atoms with Crippen molar-refractivity contribution in [1.82, 2.24) is 9.88 Å². The fourth-order valence-corrected chi connectivity index (χ4v) is 4.17. The molecule has 1 saturated heterocycles. The fourth-order valence-electron chi connectivity index (χ4n) is 4.17. The molecule has 7 nitrogen and oxygen atoms in total. The number of benzene rings is 1. The maximum Gasteiger partial charge on any atom is 0.217 e. The van der Waals surface area contributed by atoms with Crippen LogP contribution in [0.15, 0.2) is 41.5 Å². The second kappa shape index (κ2) is 14.7. The van der Waals surface area contributed by atoms with Gasteiger partial charge in [0.05, 0.1) is 19.4 Å². The lowest BCUT2D eigenvalue weighted by molar-refractivity contribution is 0.0320. The molecule has 7 heteroatoms. The molecule has 0 amide bonds. The molecule has 1 N–H and O–H groups in total. The smallest absolute Gasteiger partial charge is 0.217 e. The number of hydrazone groups is 1. The van der Waals surface area contributed by atoms with Crippen molar-refractivity contribution < 1.29 is 9.47 Å². The van der Waals surface area contributed by atoms with Gasteiger partial charge >= 0.3 is 0 Å². The van der Waals surface area contributed by atoms with Crippen LogP contribution in [0.2, 0.25) is 0 Å². The van der Waals surface area contributed by atoms with Crippen molar-refractivity contribution in [1.29, 1.82) is 0 Å². The molecule has 2 heterocycles. The van der Waals surface area contributed by atoms with Crippen LogP contribution in [-0.2, 0) is 4.74 Å². The molecule has 192 valence electrons. The fraction of sp³-hybridized carbons (Fsp3) is 0.571. The van der Waals surface area contributed by atoms with Crippen molar-refractivity contribution in [2.45, 2.75) is 52.9 Å². The monoisotopic (exact) mass is 481 g/mol. The van der Waals surface area contributed by atoms with E-state index in [1.54, 1.807) is 0 Å². The molecule has 3 rings (SSSR count). The van der Waals surface area contributed by atoms with Crippen LogP contribution < -0.4 is 15.1 Å². The Kier molecular flexibility index (Phi) is 11.3. The quantitative estimate of drug-likeness (QED) is 0.289. The number of aromatic nitrogens is 1. The Morgan fingerprint density at radius 2 is 1.91 bits per heavy atom. The van der Waals surface area contributed by atoms with E-state index in [4.69, 9.17) is 14.5 Å². The molecule has 1 aliphatic rings. The highest BCUT2D eigenvalue weighted by molar-refractivity contribution is 5.80. The molecule has 1 aromatic carbocycles. The number of anilines is 2. The SMILES string of the molecule is CCCN(CCC)c1cc(N/N=C/c2cccc(C(C)CC)c2)nc(OCCN2CCOCC2)c1. The number of nitrogens with zero attached hydrogens (tertiary/aromatic N) is 4. The average Bonchev–Trinajstić information content (AvgIpc) is 2.89. The van der Waals surface area contributed by atoms with E-state index in [2.05, 4.69) is 84.4 Å². The molecule has 1 aromatic heterocycles. The van der Waals surface area contributed by atoms with E-state index in [0.717, 1.165) is 76.5 Å². The van der Waals surface area contributed by atoms with Crippen molar-refractivity contribution >= 4 is 17.7 Å². The van der Waals surface area contributed by atoms with E-state index in [1.165, 1.54) is 5.56 Å². The summed E-state index contributed by atoms with van der Waals surface area (Å²) in [5.41, 5.74) is 6.66. The zero-order valence-electron chi connectivity index (χ0n) is 22.0. The topological polar surface area (TPSA) is 62.2 Å².